The van der Waals surface area contributed by atoms with Gasteiger partial charge >= 0.3 is 0 Å². The second kappa shape index (κ2) is 16.3. The van der Waals surface area contributed by atoms with Crippen molar-refractivity contribution in [3.8, 4) is 0 Å². The molecule has 0 aliphatic rings. The van der Waals surface area contributed by atoms with Crippen molar-refractivity contribution in [2.45, 2.75) is 67.2 Å². The lowest BCUT2D eigenvalue weighted by atomic mass is 10.1. The molecular weight excluding hydrogens is 272 g/mol. The van der Waals surface area contributed by atoms with E-state index in [9.17, 15) is 0 Å². The molecule has 2 nitrogen and oxygen atoms in total. The molecule has 0 spiro atoms. The summed E-state index contributed by atoms with van der Waals surface area (Å²) < 4.78 is 0. The second-order valence-corrected chi connectivity index (χ2v) is 5.94. The van der Waals surface area contributed by atoms with Crippen molar-refractivity contribution < 1.29 is 10.2 Å². The minimum absolute atomic E-state index is 0.167. The fourth-order valence-corrected chi connectivity index (χ4v) is 1.60. The van der Waals surface area contributed by atoms with Crippen LogP contribution in [-0.2, 0) is 0 Å². The lowest BCUT2D eigenvalue weighted by molar-refractivity contribution is 0.331. The molecule has 0 aliphatic carbocycles. The molecule has 0 saturated heterocycles. The van der Waals surface area contributed by atoms with E-state index in [1.165, 1.54) is 16.7 Å². The average Bonchev–Trinajstić information content (AvgIpc) is 2.47. The van der Waals surface area contributed by atoms with Crippen LogP contribution in [0.25, 0.3) is 0 Å². The quantitative estimate of drug-likeness (QED) is 0.594. The van der Waals surface area contributed by atoms with Gasteiger partial charge in [0.05, 0.1) is 13.2 Å². The summed E-state index contributed by atoms with van der Waals surface area (Å²) in [5.41, 5.74) is 5.10. The minimum atomic E-state index is 0.167. The summed E-state index contributed by atoms with van der Waals surface area (Å²) in [6.45, 7) is 12.7. The smallest absolute Gasteiger partial charge is 0.0639 e. The summed E-state index contributed by atoms with van der Waals surface area (Å²) in [4.78, 5) is 0. The fraction of sp³-hybridized carbons (Fsp3) is 0.600. The van der Waals surface area contributed by atoms with Gasteiger partial charge in [0.2, 0.25) is 0 Å². The second-order valence-electron chi connectivity index (χ2n) is 5.94. The first-order chi connectivity index (χ1) is 10.4. The highest BCUT2D eigenvalue weighted by Gasteiger charge is 1.88. The first-order valence-corrected chi connectivity index (χ1v) is 8.15. The lowest BCUT2D eigenvalue weighted by Crippen LogP contribution is -1.83. The first kappa shape index (κ1) is 23.2. The van der Waals surface area contributed by atoms with E-state index in [-0.39, 0.29) is 13.2 Å². The minimum Gasteiger partial charge on any atom is -0.392 e. The zero-order valence-corrected chi connectivity index (χ0v) is 15.4. The molecule has 0 bridgehead atoms. The Kier molecular flexibility index (Phi) is 17.1. The van der Waals surface area contributed by atoms with Gasteiger partial charge in [-0.05, 0) is 67.2 Å². The van der Waals surface area contributed by atoms with E-state index in [1.807, 2.05) is 13.0 Å². The maximum absolute atomic E-state index is 8.67. The van der Waals surface area contributed by atoms with Crippen LogP contribution in [0.5, 0.6) is 0 Å². The molecule has 0 aromatic rings. The summed E-state index contributed by atoms with van der Waals surface area (Å²) in [6.07, 6.45) is 12.6. The van der Waals surface area contributed by atoms with Gasteiger partial charge in [0.25, 0.3) is 0 Å². The van der Waals surface area contributed by atoms with Crippen LogP contribution in [0.2, 0.25) is 0 Å². The van der Waals surface area contributed by atoms with E-state index in [0.29, 0.717) is 0 Å². The van der Waals surface area contributed by atoms with Gasteiger partial charge in [0, 0.05) is 0 Å². The SMILES string of the molecule is C/C=C(\C)CC/C=C(\C)CO.CC(C)=CCC/C(C)=C/CO. The lowest BCUT2D eigenvalue weighted by Gasteiger charge is -1.97. The van der Waals surface area contributed by atoms with E-state index in [4.69, 9.17) is 10.2 Å². The zero-order valence-electron chi connectivity index (χ0n) is 15.4. The Hall–Kier alpha value is -1.12. The highest BCUT2D eigenvalue weighted by atomic mass is 16.3. The van der Waals surface area contributed by atoms with E-state index >= 15 is 0 Å². The molecule has 0 saturated carbocycles. The molecule has 0 aliphatic heterocycles. The Morgan fingerprint density at radius 2 is 1.27 bits per heavy atom. The van der Waals surface area contributed by atoms with Crippen molar-refractivity contribution in [2.75, 3.05) is 13.2 Å². The van der Waals surface area contributed by atoms with Crippen LogP contribution in [0.1, 0.15) is 67.2 Å². The Morgan fingerprint density at radius 3 is 1.73 bits per heavy atom. The molecule has 2 N–H and O–H groups in total. The molecule has 2 heteroatoms. The van der Waals surface area contributed by atoms with Crippen molar-refractivity contribution in [2.24, 2.45) is 0 Å². The molecule has 0 heterocycles. The number of aliphatic hydroxyl groups excluding tert-OH is 2. The van der Waals surface area contributed by atoms with Gasteiger partial charge in [-0.1, -0.05) is 46.6 Å². The number of rotatable bonds is 8. The molecule has 0 radical (unpaired) electrons. The Labute approximate surface area is 138 Å². The van der Waals surface area contributed by atoms with E-state index in [2.05, 4.69) is 52.8 Å². The molecule has 22 heavy (non-hydrogen) atoms. The number of allylic oxidation sites excluding steroid dienone is 6. The summed E-state index contributed by atoms with van der Waals surface area (Å²) in [6, 6.07) is 0. The molecule has 0 amide bonds. The van der Waals surface area contributed by atoms with Crippen LogP contribution in [0.3, 0.4) is 0 Å². The maximum Gasteiger partial charge on any atom is 0.0639 e. The van der Waals surface area contributed by atoms with Crippen molar-refractivity contribution >= 4 is 0 Å². The van der Waals surface area contributed by atoms with Gasteiger partial charge in [0.1, 0.15) is 0 Å². The Balaban J connectivity index is 0. The molecule has 128 valence electrons. The van der Waals surface area contributed by atoms with Crippen LogP contribution >= 0.6 is 0 Å². The molecule has 0 aromatic carbocycles. The van der Waals surface area contributed by atoms with Crippen molar-refractivity contribution in [3.63, 3.8) is 0 Å². The third-order valence-electron chi connectivity index (χ3n) is 3.30. The number of hydrogen-bond donors (Lipinski definition) is 2. The highest BCUT2D eigenvalue weighted by Crippen LogP contribution is 2.06. The van der Waals surface area contributed by atoms with Gasteiger partial charge in [0.15, 0.2) is 0 Å². The van der Waals surface area contributed by atoms with Crippen molar-refractivity contribution in [1.29, 1.82) is 0 Å². The standard InChI is InChI=1S/2C10H18O/c1-9(2)5-4-6-10(3)7-8-11;1-4-9(2)6-5-7-10(3)8-11/h5,7,11H,4,6,8H2,1-3H3;4,7,11H,5-6,8H2,1-3H3/b10-7+;9-4+,10-7+. The highest BCUT2D eigenvalue weighted by molar-refractivity contribution is 5.03. The summed E-state index contributed by atoms with van der Waals surface area (Å²) in [5.74, 6) is 0. The van der Waals surface area contributed by atoms with E-state index in [1.54, 1.807) is 0 Å². The third kappa shape index (κ3) is 18.9. The maximum atomic E-state index is 8.67. The van der Waals surface area contributed by atoms with Gasteiger partial charge in [-0.2, -0.15) is 0 Å². The zero-order chi connectivity index (χ0) is 17.4. The monoisotopic (exact) mass is 308 g/mol. The Morgan fingerprint density at radius 1 is 0.727 bits per heavy atom. The Bertz CT molecular complexity index is 381. The fourth-order valence-electron chi connectivity index (χ4n) is 1.60. The number of aliphatic hydroxyl groups is 2. The molecule has 0 aromatic heterocycles. The summed E-state index contributed by atoms with van der Waals surface area (Å²) in [7, 11) is 0. The van der Waals surface area contributed by atoms with E-state index in [0.717, 1.165) is 31.3 Å². The molecule has 0 rings (SSSR count). The predicted molar refractivity (Wildman–Crippen MR) is 99.0 cm³/mol. The predicted octanol–water partition coefficient (Wildman–Crippen LogP) is 5.34. The molecule has 0 fully saturated rings. The van der Waals surface area contributed by atoms with Crippen molar-refractivity contribution in [3.05, 3.63) is 46.6 Å². The summed E-state index contributed by atoms with van der Waals surface area (Å²) >= 11 is 0. The normalized spacial score (nSPS) is 12.6. The van der Waals surface area contributed by atoms with Crippen LogP contribution in [-0.4, -0.2) is 23.4 Å². The largest absolute Gasteiger partial charge is 0.392 e. The van der Waals surface area contributed by atoms with Crippen LogP contribution in [0.4, 0.5) is 0 Å². The first-order valence-electron chi connectivity index (χ1n) is 8.15. The molecule has 0 unspecified atom stereocenters. The van der Waals surface area contributed by atoms with Crippen molar-refractivity contribution in [1.82, 2.24) is 0 Å². The molecular formula is C20H36O2. The van der Waals surface area contributed by atoms with Gasteiger partial charge in [-0.15, -0.1) is 0 Å². The average molecular weight is 309 g/mol. The third-order valence-corrected chi connectivity index (χ3v) is 3.30. The molecule has 0 atom stereocenters. The van der Waals surface area contributed by atoms with Gasteiger partial charge in [-0.25, -0.2) is 0 Å². The topological polar surface area (TPSA) is 40.5 Å². The van der Waals surface area contributed by atoms with Gasteiger partial charge < -0.3 is 10.2 Å². The van der Waals surface area contributed by atoms with Gasteiger partial charge in [-0.3, -0.25) is 0 Å². The van der Waals surface area contributed by atoms with Crippen LogP contribution in [0, 0.1) is 0 Å². The van der Waals surface area contributed by atoms with Crippen LogP contribution < -0.4 is 0 Å². The van der Waals surface area contributed by atoms with Crippen LogP contribution in [0.15, 0.2) is 46.6 Å². The summed E-state index contributed by atoms with van der Waals surface area (Å²) in [5, 5.41) is 17.2. The van der Waals surface area contributed by atoms with E-state index < -0.39 is 0 Å². The number of hydrogen-bond acceptors (Lipinski definition) is 2.